The van der Waals surface area contributed by atoms with E-state index in [-0.39, 0.29) is 0 Å². The highest BCUT2D eigenvalue weighted by atomic mass is 15.6. The lowest BCUT2D eigenvalue weighted by Crippen LogP contribution is -2.10. The van der Waals surface area contributed by atoms with Gasteiger partial charge in [-0.25, -0.2) is 4.68 Å². The van der Waals surface area contributed by atoms with Crippen molar-refractivity contribution in [3.8, 4) is 0 Å². The first-order valence-electron chi connectivity index (χ1n) is 4.12. The van der Waals surface area contributed by atoms with Crippen molar-refractivity contribution in [2.75, 3.05) is 0 Å². The van der Waals surface area contributed by atoms with E-state index in [1.54, 1.807) is 0 Å². The molecule has 0 aromatic carbocycles. The Balaban J connectivity index is 2.24. The van der Waals surface area contributed by atoms with Gasteiger partial charge in [-0.3, -0.25) is 0 Å². The lowest BCUT2D eigenvalue weighted by Gasteiger charge is -2.03. The smallest absolute Gasteiger partial charge is 0.165 e. The van der Waals surface area contributed by atoms with Crippen LogP contribution in [-0.4, -0.2) is 20.2 Å². The third-order valence-electron chi connectivity index (χ3n) is 2.50. The summed E-state index contributed by atoms with van der Waals surface area (Å²) >= 11 is 0. The van der Waals surface area contributed by atoms with E-state index in [2.05, 4.69) is 29.4 Å². The summed E-state index contributed by atoms with van der Waals surface area (Å²) in [6.45, 7) is 4.83. The molecule has 0 bridgehead atoms. The normalized spacial score (nSPS) is 25.8. The van der Waals surface area contributed by atoms with E-state index >= 15 is 0 Å². The van der Waals surface area contributed by atoms with E-state index in [1.807, 2.05) is 4.68 Å². The SMILES string of the molecule is CC1(C)CC1n1nnnc1CN. The first kappa shape index (κ1) is 7.67. The Morgan fingerprint density at radius 1 is 1.67 bits per heavy atom. The van der Waals surface area contributed by atoms with Crippen molar-refractivity contribution >= 4 is 0 Å². The number of aromatic nitrogens is 4. The molecule has 0 radical (unpaired) electrons. The molecule has 1 unspecified atom stereocenters. The second kappa shape index (κ2) is 2.26. The molecule has 5 nitrogen and oxygen atoms in total. The predicted molar refractivity (Wildman–Crippen MR) is 43.1 cm³/mol. The Kier molecular flexibility index (Phi) is 1.44. The van der Waals surface area contributed by atoms with E-state index in [1.165, 1.54) is 0 Å². The lowest BCUT2D eigenvalue weighted by atomic mass is 10.2. The molecule has 0 spiro atoms. The van der Waals surface area contributed by atoms with Gasteiger partial charge in [0, 0.05) is 0 Å². The minimum Gasteiger partial charge on any atom is -0.324 e. The van der Waals surface area contributed by atoms with Crippen molar-refractivity contribution in [1.29, 1.82) is 0 Å². The van der Waals surface area contributed by atoms with E-state index in [9.17, 15) is 0 Å². The minimum atomic E-state index is 0.347. The Morgan fingerprint density at radius 3 is 2.83 bits per heavy atom. The molecule has 1 atom stereocenters. The average molecular weight is 167 g/mol. The van der Waals surface area contributed by atoms with Crippen molar-refractivity contribution in [2.45, 2.75) is 32.9 Å². The summed E-state index contributed by atoms with van der Waals surface area (Å²) in [5, 5.41) is 11.4. The standard InChI is InChI=1S/C7H13N5/c1-7(2)3-5(7)12-6(4-8)9-10-11-12/h5H,3-4,8H2,1-2H3. The van der Waals surface area contributed by atoms with Crippen LogP contribution in [0.1, 0.15) is 32.1 Å². The molecule has 2 N–H and O–H groups in total. The van der Waals surface area contributed by atoms with Gasteiger partial charge >= 0.3 is 0 Å². The average Bonchev–Trinajstić information content (AvgIpc) is 2.51. The van der Waals surface area contributed by atoms with Gasteiger partial charge in [0.25, 0.3) is 0 Å². The zero-order chi connectivity index (χ0) is 8.77. The zero-order valence-electron chi connectivity index (χ0n) is 7.36. The third kappa shape index (κ3) is 1.01. The van der Waals surface area contributed by atoms with Gasteiger partial charge in [-0.05, 0) is 22.3 Å². The van der Waals surface area contributed by atoms with Crippen LogP contribution in [0.15, 0.2) is 0 Å². The maximum atomic E-state index is 5.49. The van der Waals surface area contributed by atoms with Crippen LogP contribution >= 0.6 is 0 Å². The molecule has 0 amide bonds. The Labute approximate surface area is 70.9 Å². The molecule has 1 aliphatic carbocycles. The molecule has 2 rings (SSSR count). The molecular weight excluding hydrogens is 154 g/mol. The van der Waals surface area contributed by atoms with Crippen LogP contribution < -0.4 is 5.73 Å². The summed E-state index contributed by atoms with van der Waals surface area (Å²) in [6, 6.07) is 0.450. The Hall–Kier alpha value is -0.970. The van der Waals surface area contributed by atoms with Crippen LogP contribution in [0.2, 0.25) is 0 Å². The van der Waals surface area contributed by atoms with Gasteiger partial charge in [-0.2, -0.15) is 0 Å². The van der Waals surface area contributed by atoms with E-state index < -0.39 is 0 Å². The highest BCUT2D eigenvalue weighted by molar-refractivity contribution is 5.02. The summed E-state index contributed by atoms with van der Waals surface area (Å²) in [4.78, 5) is 0. The zero-order valence-corrected chi connectivity index (χ0v) is 7.36. The van der Waals surface area contributed by atoms with Crippen LogP contribution in [-0.2, 0) is 6.54 Å². The highest BCUT2D eigenvalue weighted by Crippen LogP contribution is 2.55. The molecule has 1 aliphatic rings. The molecule has 12 heavy (non-hydrogen) atoms. The largest absolute Gasteiger partial charge is 0.324 e. The van der Waals surface area contributed by atoms with Crippen molar-refractivity contribution in [3.05, 3.63) is 5.82 Å². The van der Waals surface area contributed by atoms with Gasteiger partial charge in [-0.1, -0.05) is 13.8 Å². The summed E-state index contributed by atoms with van der Waals surface area (Å²) in [7, 11) is 0. The van der Waals surface area contributed by atoms with Crippen molar-refractivity contribution < 1.29 is 0 Å². The van der Waals surface area contributed by atoms with Crippen LogP contribution in [0, 0.1) is 5.41 Å². The number of hydrogen-bond acceptors (Lipinski definition) is 4. The van der Waals surface area contributed by atoms with Gasteiger partial charge in [0.15, 0.2) is 5.82 Å². The number of tetrazole rings is 1. The molecule has 1 fully saturated rings. The van der Waals surface area contributed by atoms with E-state index in [0.29, 0.717) is 18.0 Å². The maximum absolute atomic E-state index is 5.49. The van der Waals surface area contributed by atoms with E-state index in [4.69, 9.17) is 5.73 Å². The fourth-order valence-corrected chi connectivity index (χ4v) is 1.45. The molecule has 1 aromatic rings. The highest BCUT2D eigenvalue weighted by Gasteiger charge is 2.48. The monoisotopic (exact) mass is 167 g/mol. The third-order valence-corrected chi connectivity index (χ3v) is 2.50. The number of nitrogens with two attached hydrogens (primary N) is 1. The summed E-state index contributed by atoms with van der Waals surface area (Å²) in [5.74, 6) is 0.783. The summed E-state index contributed by atoms with van der Waals surface area (Å²) < 4.78 is 1.85. The van der Waals surface area contributed by atoms with Gasteiger partial charge in [0.1, 0.15) is 0 Å². The quantitative estimate of drug-likeness (QED) is 0.678. The van der Waals surface area contributed by atoms with Crippen molar-refractivity contribution in [2.24, 2.45) is 11.1 Å². The summed E-state index contributed by atoms with van der Waals surface area (Å²) in [5.41, 5.74) is 5.83. The van der Waals surface area contributed by atoms with Gasteiger partial charge in [0.05, 0.1) is 12.6 Å². The molecule has 1 aromatic heterocycles. The molecular formula is C7H13N5. The number of rotatable bonds is 2. The van der Waals surface area contributed by atoms with E-state index in [0.717, 1.165) is 12.2 Å². The first-order chi connectivity index (χ1) is 5.65. The molecule has 1 saturated carbocycles. The second-order valence-corrected chi connectivity index (χ2v) is 3.95. The first-order valence-corrected chi connectivity index (χ1v) is 4.12. The van der Waals surface area contributed by atoms with Gasteiger partial charge in [0.2, 0.25) is 0 Å². The topological polar surface area (TPSA) is 69.6 Å². The van der Waals surface area contributed by atoms with Crippen LogP contribution in [0.3, 0.4) is 0 Å². The van der Waals surface area contributed by atoms with Crippen LogP contribution in [0.4, 0.5) is 0 Å². The number of nitrogens with zero attached hydrogens (tertiary/aromatic N) is 4. The number of hydrogen-bond donors (Lipinski definition) is 1. The van der Waals surface area contributed by atoms with Gasteiger partial charge in [-0.15, -0.1) is 5.10 Å². The Morgan fingerprint density at radius 2 is 2.33 bits per heavy atom. The fraction of sp³-hybridized carbons (Fsp3) is 0.857. The lowest BCUT2D eigenvalue weighted by molar-refractivity contribution is 0.480. The maximum Gasteiger partial charge on any atom is 0.165 e. The Bertz CT molecular complexity index is 290. The van der Waals surface area contributed by atoms with Crippen molar-refractivity contribution in [3.63, 3.8) is 0 Å². The second-order valence-electron chi connectivity index (χ2n) is 3.95. The van der Waals surface area contributed by atoms with Gasteiger partial charge < -0.3 is 5.73 Å². The predicted octanol–water partition coefficient (Wildman–Crippen LogP) is 0.103. The van der Waals surface area contributed by atoms with Crippen molar-refractivity contribution in [1.82, 2.24) is 20.2 Å². The van der Waals surface area contributed by atoms with Crippen LogP contribution in [0.5, 0.6) is 0 Å². The molecule has 0 aliphatic heterocycles. The van der Waals surface area contributed by atoms with Crippen LogP contribution in [0.25, 0.3) is 0 Å². The molecule has 5 heteroatoms. The molecule has 0 saturated heterocycles. The molecule has 1 heterocycles. The fourth-order valence-electron chi connectivity index (χ4n) is 1.45. The minimum absolute atomic E-state index is 0.347. The molecule has 66 valence electrons. The summed E-state index contributed by atoms with van der Waals surface area (Å²) in [6.07, 6.45) is 1.14.